The van der Waals surface area contributed by atoms with E-state index in [1.807, 2.05) is 0 Å². The van der Waals surface area contributed by atoms with Gasteiger partial charge in [-0.05, 0) is 89.9 Å². The number of esters is 3. The lowest BCUT2D eigenvalue weighted by molar-refractivity contribution is -0.167. The van der Waals surface area contributed by atoms with Crippen molar-refractivity contribution in [1.82, 2.24) is 0 Å². The predicted octanol–water partition coefficient (Wildman–Crippen LogP) is 16.5. The van der Waals surface area contributed by atoms with Crippen molar-refractivity contribution >= 4 is 17.9 Å². The molecule has 6 heteroatoms. The van der Waals surface area contributed by atoms with Crippen LogP contribution < -0.4 is 0 Å². The van der Waals surface area contributed by atoms with Crippen LogP contribution in [0.25, 0.3) is 0 Å². The van der Waals surface area contributed by atoms with Crippen LogP contribution in [0.15, 0.2) is 36.5 Å². The Morgan fingerprint density at radius 2 is 0.576 bits per heavy atom. The van der Waals surface area contributed by atoms with Crippen molar-refractivity contribution < 1.29 is 28.6 Å². The topological polar surface area (TPSA) is 78.9 Å². The molecule has 6 nitrogen and oxygen atoms in total. The van der Waals surface area contributed by atoms with E-state index in [1.54, 1.807) is 0 Å². The zero-order valence-electron chi connectivity index (χ0n) is 39.3. The van der Waals surface area contributed by atoms with Crippen LogP contribution in [-0.4, -0.2) is 37.2 Å². The smallest absolute Gasteiger partial charge is 0.306 e. The Morgan fingerprint density at radius 1 is 0.322 bits per heavy atom. The summed E-state index contributed by atoms with van der Waals surface area (Å²) in [6.07, 6.45) is 55.6. The molecule has 0 spiro atoms. The summed E-state index contributed by atoms with van der Waals surface area (Å²) in [5.74, 6) is -0.917. The van der Waals surface area contributed by atoms with Crippen LogP contribution in [0, 0.1) is 0 Å². The average molecular weight is 829 g/mol. The quantitative estimate of drug-likeness (QED) is 0.0263. The highest BCUT2D eigenvalue weighted by Gasteiger charge is 2.19. The normalized spacial score (nSPS) is 12.3. The number of hydrogen-bond donors (Lipinski definition) is 0. The lowest BCUT2D eigenvalue weighted by Gasteiger charge is -2.18. The molecule has 1 unspecified atom stereocenters. The Bertz CT molecular complexity index is 1000. The summed E-state index contributed by atoms with van der Waals surface area (Å²) >= 11 is 0. The van der Waals surface area contributed by atoms with E-state index in [1.165, 1.54) is 128 Å². The minimum Gasteiger partial charge on any atom is -0.462 e. The van der Waals surface area contributed by atoms with E-state index < -0.39 is 6.10 Å². The largest absolute Gasteiger partial charge is 0.462 e. The number of unbranched alkanes of at least 4 members (excludes halogenated alkanes) is 29. The fourth-order valence-electron chi connectivity index (χ4n) is 7.18. The molecule has 0 aliphatic carbocycles. The summed E-state index contributed by atoms with van der Waals surface area (Å²) in [5, 5.41) is 0. The second kappa shape index (κ2) is 48.3. The van der Waals surface area contributed by atoms with Crippen LogP contribution in [0.5, 0.6) is 0 Å². The van der Waals surface area contributed by atoms with E-state index in [2.05, 4.69) is 57.2 Å². The van der Waals surface area contributed by atoms with Gasteiger partial charge in [-0.1, -0.05) is 192 Å². The summed E-state index contributed by atoms with van der Waals surface area (Å²) in [6.45, 7) is 6.57. The van der Waals surface area contributed by atoms with Crippen molar-refractivity contribution in [3.05, 3.63) is 36.5 Å². The van der Waals surface area contributed by atoms with Gasteiger partial charge in [0.25, 0.3) is 0 Å². The monoisotopic (exact) mass is 829 g/mol. The molecule has 0 aromatic carbocycles. The van der Waals surface area contributed by atoms with Crippen molar-refractivity contribution in [2.75, 3.05) is 13.2 Å². The first kappa shape index (κ1) is 56.6. The van der Waals surface area contributed by atoms with Gasteiger partial charge in [0.05, 0.1) is 0 Å². The molecule has 0 N–H and O–H groups in total. The molecule has 0 amide bonds. The summed E-state index contributed by atoms with van der Waals surface area (Å²) in [6, 6.07) is 0. The van der Waals surface area contributed by atoms with Crippen molar-refractivity contribution in [2.24, 2.45) is 0 Å². The first-order valence-electron chi connectivity index (χ1n) is 25.5. The van der Waals surface area contributed by atoms with E-state index in [0.29, 0.717) is 19.3 Å². The van der Waals surface area contributed by atoms with Crippen LogP contribution >= 0.6 is 0 Å². The van der Waals surface area contributed by atoms with Gasteiger partial charge in [-0.3, -0.25) is 14.4 Å². The molecule has 0 aliphatic heterocycles. The van der Waals surface area contributed by atoms with Gasteiger partial charge < -0.3 is 14.2 Å². The highest BCUT2D eigenvalue weighted by Crippen LogP contribution is 2.14. The SMILES string of the molecule is CCCC/C=C\CCCCCCC(=O)OCC(COC(=O)CCCCCCC/C=C\CCCCCCCCCCC)OC(=O)CCCCC/C=C\CCCCCCCC. The lowest BCUT2D eigenvalue weighted by Crippen LogP contribution is -2.30. The molecule has 59 heavy (non-hydrogen) atoms. The molecule has 1 atom stereocenters. The van der Waals surface area contributed by atoms with E-state index in [4.69, 9.17) is 14.2 Å². The standard InChI is InChI=1S/C53H96O6/c1-4-7-10-13-16-19-22-24-25-26-27-28-30-31-34-37-40-43-46-52(55)58-49-50(48-57-51(54)45-42-39-36-33-21-18-15-12-9-6-3)59-53(56)47-44-41-38-35-32-29-23-20-17-14-11-8-5-2/h15,18,27-29,32,50H,4-14,16-17,19-26,30-31,33-49H2,1-3H3/b18-15-,28-27-,32-29-. The molecule has 0 radical (unpaired) electrons. The van der Waals surface area contributed by atoms with Crippen LogP contribution in [0.3, 0.4) is 0 Å². The van der Waals surface area contributed by atoms with Gasteiger partial charge in [0.1, 0.15) is 13.2 Å². The molecule has 0 bridgehead atoms. The summed E-state index contributed by atoms with van der Waals surface area (Å²) in [7, 11) is 0. The first-order valence-corrected chi connectivity index (χ1v) is 25.5. The molecule has 0 rings (SSSR count). The predicted molar refractivity (Wildman–Crippen MR) is 252 cm³/mol. The fraction of sp³-hybridized carbons (Fsp3) is 0.830. The van der Waals surface area contributed by atoms with Gasteiger partial charge in [-0.15, -0.1) is 0 Å². The summed E-state index contributed by atoms with van der Waals surface area (Å²) in [5.41, 5.74) is 0. The van der Waals surface area contributed by atoms with E-state index in [0.717, 1.165) is 96.3 Å². The molecular weight excluding hydrogens is 733 g/mol. The van der Waals surface area contributed by atoms with Gasteiger partial charge in [0, 0.05) is 19.3 Å². The zero-order chi connectivity index (χ0) is 43.0. The Labute approximate surface area is 365 Å². The third-order valence-electron chi connectivity index (χ3n) is 11.1. The molecular formula is C53H96O6. The number of carbonyl (C=O) groups excluding carboxylic acids is 3. The van der Waals surface area contributed by atoms with Crippen LogP contribution in [0.2, 0.25) is 0 Å². The molecule has 0 aliphatic rings. The Morgan fingerprint density at radius 3 is 0.915 bits per heavy atom. The highest BCUT2D eigenvalue weighted by atomic mass is 16.6. The van der Waals surface area contributed by atoms with Gasteiger partial charge >= 0.3 is 17.9 Å². The minimum absolute atomic E-state index is 0.0849. The van der Waals surface area contributed by atoms with Crippen LogP contribution in [0.1, 0.15) is 265 Å². The zero-order valence-corrected chi connectivity index (χ0v) is 39.3. The van der Waals surface area contributed by atoms with E-state index in [9.17, 15) is 14.4 Å². The van der Waals surface area contributed by atoms with Gasteiger partial charge in [0.15, 0.2) is 6.10 Å². The second-order valence-electron chi connectivity index (χ2n) is 17.1. The number of rotatable bonds is 46. The average Bonchev–Trinajstić information content (AvgIpc) is 3.23. The number of carbonyl (C=O) groups is 3. The molecule has 0 aromatic rings. The third-order valence-corrected chi connectivity index (χ3v) is 11.1. The third kappa shape index (κ3) is 46.5. The lowest BCUT2D eigenvalue weighted by atomic mass is 10.1. The number of allylic oxidation sites excluding steroid dienone is 6. The maximum atomic E-state index is 12.7. The van der Waals surface area contributed by atoms with E-state index in [-0.39, 0.29) is 31.1 Å². The maximum Gasteiger partial charge on any atom is 0.306 e. The highest BCUT2D eigenvalue weighted by molar-refractivity contribution is 5.71. The second-order valence-corrected chi connectivity index (χ2v) is 17.1. The minimum atomic E-state index is -0.784. The molecule has 0 heterocycles. The van der Waals surface area contributed by atoms with Gasteiger partial charge in [-0.25, -0.2) is 0 Å². The molecule has 0 saturated carbocycles. The number of ether oxygens (including phenoxy) is 3. The van der Waals surface area contributed by atoms with Crippen molar-refractivity contribution in [3.63, 3.8) is 0 Å². The number of hydrogen-bond acceptors (Lipinski definition) is 6. The summed E-state index contributed by atoms with van der Waals surface area (Å²) in [4.78, 5) is 37.8. The first-order chi connectivity index (χ1) is 29.0. The van der Waals surface area contributed by atoms with Crippen LogP contribution in [-0.2, 0) is 28.6 Å². The fourth-order valence-corrected chi connectivity index (χ4v) is 7.18. The van der Waals surface area contributed by atoms with Crippen molar-refractivity contribution in [2.45, 2.75) is 271 Å². The van der Waals surface area contributed by atoms with Crippen molar-refractivity contribution in [3.8, 4) is 0 Å². The maximum absolute atomic E-state index is 12.7. The molecule has 0 aromatic heterocycles. The van der Waals surface area contributed by atoms with Crippen molar-refractivity contribution in [1.29, 1.82) is 0 Å². The molecule has 0 saturated heterocycles. The Kier molecular flexibility index (Phi) is 46.4. The molecule has 344 valence electrons. The van der Waals surface area contributed by atoms with Gasteiger partial charge in [-0.2, -0.15) is 0 Å². The molecule has 0 fully saturated rings. The summed E-state index contributed by atoms with van der Waals surface area (Å²) < 4.78 is 16.7. The van der Waals surface area contributed by atoms with Gasteiger partial charge in [0.2, 0.25) is 0 Å². The Balaban J connectivity index is 4.34. The van der Waals surface area contributed by atoms with Crippen LogP contribution in [0.4, 0.5) is 0 Å². The Hall–Kier alpha value is -2.37. The van der Waals surface area contributed by atoms with E-state index >= 15 is 0 Å².